The SMILES string of the molecule is CCN(c1ccccc1F)C1CNCc2ccccc21. The maximum Gasteiger partial charge on any atom is 0.146 e. The van der Waals surface area contributed by atoms with Gasteiger partial charge in [-0.25, -0.2) is 4.39 Å². The van der Waals surface area contributed by atoms with Crippen LogP contribution in [0.4, 0.5) is 10.1 Å². The van der Waals surface area contributed by atoms with E-state index in [1.807, 2.05) is 12.1 Å². The first kappa shape index (κ1) is 13.1. The van der Waals surface area contributed by atoms with Gasteiger partial charge in [0.05, 0.1) is 11.7 Å². The smallest absolute Gasteiger partial charge is 0.146 e. The van der Waals surface area contributed by atoms with Crippen LogP contribution in [-0.4, -0.2) is 13.1 Å². The lowest BCUT2D eigenvalue weighted by atomic mass is 9.95. The number of hydrogen-bond acceptors (Lipinski definition) is 2. The van der Waals surface area contributed by atoms with Gasteiger partial charge in [-0.3, -0.25) is 0 Å². The van der Waals surface area contributed by atoms with Crippen LogP contribution in [0.25, 0.3) is 0 Å². The molecule has 1 heterocycles. The Balaban J connectivity index is 2.01. The van der Waals surface area contributed by atoms with Gasteiger partial charge < -0.3 is 10.2 Å². The van der Waals surface area contributed by atoms with Crippen molar-refractivity contribution in [3.63, 3.8) is 0 Å². The van der Waals surface area contributed by atoms with E-state index in [1.165, 1.54) is 17.2 Å². The molecule has 0 fully saturated rings. The van der Waals surface area contributed by atoms with Gasteiger partial charge in [-0.1, -0.05) is 36.4 Å². The molecule has 0 radical (unpaired) electrons. The molecule has 3 rings (SSSR count). The van der Waals surface area contributed by atoms with Crippen molar-refractivity contribution < 1.29 is 4.39 Å². The van der Waals surface area contributed by atoms with Gasteiger partial charge in [-0.15, -0.1) is 0 Å². The van der Waals surface area contributed by atoms with Crippen LogP contribution >= 0.6 is 0 Å². The predicted octanol–water partition coefficient (Wildman–Crippen LogP) is 3.50. The van der Waals surface area contributed by atoms with E-state index >= 15 is 0 Å². The Hall–Kier alpha value is -1.87. The van der Waals surface area contributed by atoms with Gasteiger partial charge in [0.25, 0.3) is 0 Å². The third-order valence-corrected chi connectivity index (χ3v) is 3.95. The molecule has 1 aliphatic heterocycles. The van der Waals surface area contributed by atoms with Crippen molar-refractivity contribution in [2.45, 2.75) is 19.5 Å². The molecule has 0 aromatic heterocycles. The molecule has 104 valence electrons. The number of likely N-dealkylation sites (N-methyl/N-ethyl adjacent to an activating group) is 1. The zero-order valence-electron chi connectivity index (χ0n) is 11.6. The summed E-state index contributed by atoms with van der Waals surface area (Å²) in [4.78, 5) is 2.14. The molecule has 0 bridgehead atoms. The van der Waals surface area contributed by atoms with Crippen molar-refractivity contribution in [2.75, 3.05) is 18.0 Å². The molecule has 1 atom stereocenters. The third kappa shape index (κ3) is 2.29. The first-order valence-electron chi connectivity index (χ1n) is 7.11. The maximum atomic E-state index is 14.1. The van der Waals surface area contributed by atoms with Crippen molar-refractivity contribution in [1.82, 2.24) is 5.32 Å². The zero-order valence-corrected chi connectivity index (χ0v) is 11.6. The van der Waals surface area contributed by atoms with Crippen LogP contribution in [0.5, 0.6) is 0 Å². The fraction of sp³-hybridized carbons (Fsp3) is 0.294. The van der Waals surface area contributed by atoms with Gasteiger partial charge in [-0.2, -0.15) is 0 Å². The predicted molar refractivity (Wildman–Crippen MR) is 80.3 cm³/mol. The van der Waals surface area contributed by atoms with Crippen LogP contribution in [0.15, 0.2) is 48.5 Å². The average molecular weight is 270 g/mol. The Labute approximate surface area is 119 Å². The van der Waals surface area contributed by atoms with Crippen molar-refractivity contribution in [3.8, 4) is 0 Å². The van der Waals surface area contributed by atoms with E-state index in [9.17, 15) is 4.39 Å². The highest BCUT2D eigenvalue weighted by Crippen LogP contribution is 2.32. The first-order chi connectivity index (χ1) is 9.81. The van der Waals surface area contributed by atoms with Crippen LogP contribution in [0.2, 0.25) is 0 Å². The summed E-state index contributed by atoms with van der Waals surface area (Å²) < 4.78 is 14.1. The summed E-state index contributed by atoms with van der Waals surface area (Å²) in [5.74, 6) is -0.155. The van der Waals surface area contributed by atoms with Crippen molar-refractivity contribution in [1.29, 1.82) is 0 Å². The highest BCUT2D eigenvalue weighted by atomic mass is 19.1. The van der Waals surface area contributed by atoms with Crippen LogP contribution < -0.4 is 10.2 Å². The number of nitrogens with one attached hydrogen (secondary N) is 1. The number of hydrogen-bond donors (Lipinski definition) is 1. The molecular weight excluding hydrogens is 251 g/mol. The second kappa shape index (κ2) is 5.63. The van der Waals surface area contributed by atoms with Gasteiger partial charge in [0.15, 0.2) is 0 Å². The van der Waals surface area contributed by atoms with E-state index < -0.39 is 0 Å². The van der Waals surface area contributed by atoms with E-state index in [-0.39, 0.29) is 11.9 Å². The minimum absolute atomic E-state index is 0.155. The van der Waals surface area contributed by atoms with Crippen molar-refractivity contribution >= 4 is 5.69 Å². The first-order valence-corrected chi connectivity index (χ1v) is 7.11. The molecule has 1 aliphatic rings. The minimum atomic E-state index is -0.155. The fourth-order valence-corrected chi connectivity index (χ4v) is 3.00. The van der Waals surface area contributed by atoms with E-state index in [1.54, 1.807) is 6.07 Å². The van der Waals surface area contributed by atoms with Crippen molar-refractivity contribution in [3.05, 3.63) is 65.5 Å². The molecule has 2 aromatic carbocycles. The van der Waals surface area contributed by atoms with Gasteiger partial charge in [0.1, 0.15) is 5.82 Å². The summed E-state index contributed by atoms with van der Waals surface area (Å²) in [6, 6.07) is 15.6. The van der Waals surface area contributed by atoms with E-state index in [0.717, 1.165) is 19.6 Å². The summed E-state index contributed by atoms with van der Waals surface area (Å²) in [6.07, 6.45) is 0. The molecule has 0 amide bonds. The van der Waals surface area contributed by atoms with E-state index in [4.69, 9.17) is 0 Å². The second-order valence-electron chi connectivity index (χ2n) is 5.08. The van der Waals surface area contributed by atoms with Crippen molar-refractivity contribution in [2.24, 2.45) is 0 Å². The number of para-hydroxylation sites is 1. The normalized spacial score (nSPS) is 17.6. The topological polar surface area (TPSA) is 15.3 Å². The summed E-state index contributed by atoms with van der Waals surface area (Å²) in [7, 11) is 0. The lowest BCUT2D eigenvalue weighted by Crippen LogP contribution is -2.40. The molecule has 0 spiro atoms. The number of fused-ring (bicyclic) bond motifs is 1. The number of rotatable bonds is 3. The number of halogens is 1. The summed E-state index contributed by atoms with van der Waals surface area (Å²) >= 11 is 0. The fourth-order valence-electron chi connectivity index (χ4n) is 3.00. The molecule has 20 heavy (non-hydrogen) atoms. The maximum absolute atomic E-state index is 14.1. The van der Waals surface area contributed by atoms with Gasteiger partial charge in [0, 0.05) is 19.6 Å². The molecule has 0 aliphatic carbocycles. The highest BCUT2D eigenvalue weighted by Gasteiger charge is 2.26. The van der Waals surface area contributed by atoms with Gasteiger partial charge in [0.2, 0.25) is 0 Å². The Kier molecular flexibility index (Phi) is 3.70. The monoisotopic (exact) mass is 270 g/mol. The molecular formula is C17H19FN2. The van der Waals surface area contributed by atoms with Crippen LogP contribution in [0, 0.1) is 5.82 Å². The van der Waals surface area contributed by atoms with Gasteiger partial charge >= 0.3 is 0 Å². The minimum Gasteiger partial charge on any atom is -0.361 e. The Morgan fingerprint density at radius 1 is 1.15 bits per heavy atom. The molecule has 3 heteroatoms. The standard InChI is InChI=1S/C17H19FN2/c1-2-20(16-10-6-5-9-15(16)18)17-12-19-11-13-7-3-4-8-14(13)17/h3-10,17,19H,2,11-12H2,1H3. The zero-order chi connectivity index (χ0) is 13.9. The molecule has 0 saturated carbocycles. The lowest BCUT2D eigenvalue weighted by molar-refractivity contribution is 0.510. The van der Waals surface area contributed by atoms with E-state index in [0.29, 0.717) is 5.69 Å². The highest BCUT2D eigenvalue weighted by molar-refractivity contribution is 5.51. The summed E-state index contributed by atoms with van der Waals surface area (Å²) in [5, 5.41) is 3.43. The summed E-state index contributed by atoms with van der Waals surface area (Å²) in [5.41, 5.74) is 3.29. The largest absolute Gasteiger partial charge is 0.361 e. The number of anilines is 1. The third-order valence-electron chi connectivity index (χ3n) is 3.95. The molecule has 1 unspecified atom stereocenters. The molecule has 2 nitrogen and oxygen atoms in total. The Morgan fingerprint density at radius 2 is 1.90 bits per heavy atom. The van der Waals surface area contributed by atoms with Crippen LogP contribution in [0.1, 0.15) is 24.1 Å². The second-order valence-corrected chi connectivity index (χ2v) is 5.08. The average Bonchev–Trinajstić information content (AvgIpc) is 2.50. The molecule has 1 N–H and O–H groups in total. The van der Waals surface area contributed by atoms with Gasteiger partial charge in [-0.05, 0) is 30.2 Å². The number of benzene rings is 2. The molecule has 2 aromatic rings. The lowest BCUT2D eigenvalue weighted by Gasteiger charge is -2.37. The van der Waals surface area contributed by atoms with Crippen LogP contribution in [-0.2, 0) is 6.54 Å². The van der Waals surface area contributed by atoms with Crippen LogP contribution in [0.3, 0.4) is 0 Å². The summed E-state index contributed by atoms with van der Waals surface area (Å²) in [6.45, 7) is 4.59. The quantitative estimate of drug-likeness (QED) is 0.918. The Bertz CT molecular complexity index is 597. The number of nitrogens with zero attached hydrogens (tertiary/aromatic N) is 1. The molecule has 0 saturated heterocycles. The Morgan fingerprint density at radius 3 is 2.70 bits per heavy atom. The van der Waals surface area contributed by atoms with E-state index in [2.05, 4.69) is 41.4 Å².